The van der Waals surface area contributed by atoms with Crippen molar-refractivity contribution >= 4 is 0 Å². The summed E-state index contributed by atoms with van der Waals surface area (Å²) in [5.74, 6) is -13.7. The number of benzene rings is 3. The molecular weight excluding hydrogens is 565 g/mol. The van der Waals surface area contributed by atoms with Gasteiger partial charge in [-0.3, -0.25) is 0 Å². The number of hydrogen-bond donors (Lipinski definition) is 0. The summed E-state index contributed by atoms with van der Waals surface area (Å²) in [6.07, 6.45) is -7.40. The molecule has 0 atom stereocenters. The van der Waals surface area contributed by atoms with Crippen molar-refractivity contribution < 1.29 is 57.8 Å². The van der Waals surface area contributed by atoms with E-state index in [1.54, 1.807) is 0 Å². The first-order chi connectivity index (χ1) is 18.6. The summed E-state index contributed by atoms with van der Waals surface area (Å²) < 4.78 is 160. The van der Waals surface area contributed by atoms with E-state index in [1.807, 2.05) is 0 Å². The lowest BCUT2D eigenvalue weighted by molar-refractivity contribution is -0.276. The lowest BCUT2D eigenvalue weighted by Crippen LogP contribution is -2.25. The summed E-state index contributed by atoms with van der Waals surface area (Å²) in [7, 11) is 0. The van der Waals surface area contributed by atoms with E-state index in [0.717, 1.165) is 25.0 Å². The van der Waals surface area contributed by atoms with Crippen LogP contribution < -0.4 is 9.47 Å². The van der Waals surface area contributed by atoms with Gasteiger partial charge in [0.2, 0.25) is 5.75 Å². The highest BCUT2D eigenvalue weighted by atomic mass is 19.4. The molecular formula is C27H19F11O2. The van der Waals surface area contributed by atoms with Crippen LogP contribution >= 0.6 is 0 Å². The second kappa shape index (κ2) is 10.8. The molecule has 0 amide bonds. The minimum Gasteiger partial charge on any atom is -0.429 e. The molecule has 1 fully saturated rings. The molecule has 0 aliphatic heterocycles. The molecule has 3 aromatic rings. The highest BCUT2D eigenvalue weighted by molar-refractivity contribution is 5.66. The monoisotopic (exact) mass is 584 g/mol. The van der Waals surface area contributed by atoms with E-state index in [2.05, 4.69) is 16.4 Å². The molecule has 3 aromatic carbocycles. The summed E-state index contributed by atoms with van der Waals surface area (Å²) >= 11 is 0. The van der Waals surface area contributed by atoms with Crippen molar-refractivity contribution in [3.63, 3.8) is 0 Å². The van der Waals surface area contributed by atoms with Crippen LogP contribution in [-0.4, -0.2) is 6.36 Å². The van der Waals surface area contributed by atoms with Gasteiger partial charge in [-0.25, -0.2) is 26.3 Å². The van der Waals surface area contributed by atoms with Gasteiger partial charge in [0.25, 0.3) is 0 Å². The molecule has 0 N–H and O–H groups in total. The fourth-order valence-electron chi connectivity index (χ4n) is 4.70. The van der Waals surface area contributed by atoms with Crippen LogP contribution in [0.25, 0.3) is 11.1 Å². The molecule has 40 heavy (non-hydrogen) atoms. The molecule has 0 aromatic heterocycles. The first-order valence-electron chi connectivity index (χ1n) is 11.9. The first kappa shape index (κ1) is 29.5. The fourth-order valence-corrected chi connectivity index (χ4v) is 4.70. The van der Waals surface area contributed by atoms with Gasteiger partial charge in [0.05, 0.1) is 5.56 Å². The largest absolute Gasteiger partial charge is 0.573 e. The topological polar surface area (TPSA) is 18.5 Å². The Morgan fingerprint density at radius 1 is 0.625 bits per heavy atom. The Labute approximate surface area is 220 Å². The highest BCUT2D eigenvalue weighted by Gasteiger charge is 2.42. The van der Waals surface area contributed by atoms with Gasteiger partial charge in [-0.2, -0.15) is 8.78 Å². The molecule has 0 unspecified atom stereocenters. The Morgan fingerprint density at radius 3 is 1.60 bits per heavy atom. The van der Waals surface area contributed by atoms with Crippen molar-refractivity contribution in [2.75, 3.05) is 0 Å². The van der Waals surface area contributed by atoms with E-state index in [0.29, 0.717) is 24.3 Å². The third-order valence-corrected chi connectivity index (χ3v) is 6.61. The van der Waals surface area contributed by atoms with Crippen molar-refractivity contribution in [1.82, 2.24) is 0 Å². The van der Waals surface area contributed by atoms with E-state index in [1.165, 1.54) is 0 Å². The first-order valence-corrected chi connectivity index (χ1v) is 11.9. The van der Waals surface area contributed by atoms with E-state index >= 15 is 0 Å². The molecule has 4 rings (SSSR count). The molecule has 1 aliphatic rings. The Hall–Kier alpha value is -3.51. The predicted molar refractivity (Wildman–Crippen MR) is 120 cm³/mol. The van der Waals surface area contributed by atoms with Crippen molar-refractivity contribution in [2.24, 2.45) is 5.92 Å². The molecule has 0 spiro atoms. The van der Waals surface area contributed by atoms with Crippen molar-refractivity contribution in [3.8, 4) is 22.6 Å². The van der Waals surface area contributed by atoms with Crippen LogP contribution in [0.3, 0.4) is 0 Å². The Kier molecular flexibility index (Phi) is 7.97. The minimum atomic E-state index is -5.52. The lowest BCUT2D eigenvalue weighted by atomic mass is 9.79. The summed E-state index contributed by atoms with van der Waals surface area (Å²) in [4.78, 5) is 0. The summed E-state index contributed by atoms with van der Waals surface area (Å²) in [6.45, 7) is 2.06. The number of ether oxygens (including phenoxy) is 2. The van der Waals surface area contributed by atoms with Gasteiger partial charge in [-0.15, -0.1) is 13.2 Å². The highest BCUT2D eigenvalue weighted by Crippen LogP contribution is 2.41. The summed E-state index contributed by atoms with van der Waals surface area (Å²) in [6, 6.07) is 2.25. The lowest BCUT2D eigenvalue weighted by Gasteiger charge is -2.26. The maximum absolute atomic E-state index is 14.9. The van der Waals surface area contributed by atoms with Crippen LogP contribution in [-0.2, 0) is 6.11 Å². The van der Waals surface area contributed by atoms with Gasteiger partial charge in [0.1, 0.15) is 34.6 Å². The quantitative estimate of drug-likeness (QED) is 0.269. The number of rotatable bonds is 6. The molecule has 2 nitrogen and oxygen atoms in total. The molecule has 1 aliphatic carbocycles. The minimum absolute atomic E-state index is 0.121. The Morgan fingerprint density at radius 2 is 1.12 bits per heavy atom. The van der Waals surface area contributed by atoms with Gasteiger partial charge in [-0.05, 0) is 60.1 Å². The zero-order chi connectivity index (χ0) is 29.6. The molecule has 0 saturated heterocycles. The van der Waals surface area contributed by atoms with E-state index in [4.69, 9.17) is 0 Å². The molecule has 0 bridgehead atoms. The average molecular weight is 584 g/mol. The predicted octanol–water partition coefficient (Wildman–Crippen LogP) is 9.51. The molecule has 216 valence electrons. The van der Waals surface area contributed by atoms with Crippen molar-refractivity contribution in [2.45, 2.75) is 51.0 Å². The van der Waals surface area contributed by atoms with E-state index < -0.39 is 75.6 Å². The molecule has 0 radical (unpaired) electrons. The smallest absolute Gasteiger partial charge is 0.429 e. The van der Waals surface area contributed by atoms with Crippen LogP contribution in [0.15, 0.2) is 36.4 Å². The number of hydrogen-bond acceptors (Lipinski definition) is 2. The third kappa shape index (κ3) is 6.28. The number of halogens is 11. The average Bonchev–Trinajstić information content (AvgIpc) is 2.80. The second-order valence-electron chi connectivity index (χ2n) is 9.51. The standard InChI is InChI=1S/C27H19F11O2/c1-12-2-4-13(5-3-12)14-6-17(28)23(18(29)7-14)15-8-19(30)24(20(31)9-15)26(34,35)39-16-10-21(32)25(22(33)11-16)40-27(36,37)38/h6-13H,2-5H2,1H3. The van der Waals surface area contributed by atoms with Gasteiger partial charge in [0.15, 0.2) is 11.6 Å². The third-order valence-electron chi connectivity index (χ3n) is 6.61. The normalized spacial score (nSPS) is 18.1. The zero-order valence-corrected chi connectivity index (χ0v) is 20.4. The molecule has 1 saturated carbocycles. The van der Waals surface area contributed by atoms with E-state index in [9.17, 15) is 48.3 Å². The van der Waals surface area contributed by atoms with Gasteiger partial charge >= 0.3 is 12.5 Å². The maximum atomic E-state index is 14.9. The number of alkyl halides is 5. The molecule has 13 heteroatoms. The van der Waals surface area contributed by atoms with Crippen LogP contribution in [0.4, 0.5) is 48.3 Å². The van der Waals surface area contributed by atoms with Crippen LogP contribution in [0.5, 0.6) is 11.5 Å². The zero-order valence-electron chi connectivity index (χ0n) is 20.4. The SMILES string of the molecule is CC1CCC(c2cc(F)c(-c3cc(F)c(C(F)(F)Oc4cc(F)c(OC(F)(F)F)c(F)c4)c(F)c3)c(F)c2)CC1. The summed E-state index contributed by atoms with van der Waals surface area (Å²) in [5, 5.41) is 0. The Balaban J connectivity index is 1.63. The fraction of sp³-hybridized carbons (Fsp3) is 0.333. The van der Waals surface area contributed by atoms with Crippen molar-refractivity contribution in [1.29, 1.82) is 0 Å². The summed E-state index contributed by atoms with van der Waals surface area (Å²) in [5.41, 5.74) is -3.35. The Bertz CT molecular complexity index is 1340. The van der Waals surface area contributed by atoms with Crippen LogP contribution in [0, 0.1) is 40.8 Å². The van der Waals surface area contributed by atoms with Gasteiger partial charge in [0, 0.05) is 12.1 Å². The van der Waals surface area contributed by atoms with Gasteiger partial charge < -0.3 is 9.47 Å². The van der Waals surface area contributed by atoms with Gasteiger partial charge in [-0.1, -0.05) is 19.8 Å². The second-order valence-corrected chi connectivity index (χ2v) is 9.51. The van der Waals surface area contributed by atoms with E-state index in [-0.39, 0.29) is 30.2 Å². The van der Waals surface area contributed by atoms with Crippen LogP contribution in [0.2, 0.25) is 0 Å². The molecule has 0 heterocycles. The van der Waals surface area contributed by atoms with Crippen molar-refractivity contribution in [3.05, 3.63) is 82.4 Å². The maximum Gasteiger partial charge on any atom is 0.573 e. The van der Waals surface area contributed by atoms with Crippen LogP contribution in [0.1, 0.15) is 49.7 Å².